The van der Waals surface area contributed by atoms with E-state index in [1.54, 1.807) is 6.07 Å². The maximum Gasteiger partial charge on any atom is 0.337 e. The third-order valence-corrected chi connectivity index (χ3v) is 4.28. The molecule has 1 aromatic carbocycles. The zero-order valence-corrected chi connectivity index (χ0v) is 12.6. The van der Waals surface area contributed by atoms with Crippen LogP contribution in [0.25, 0.3) is 0 Å². The molecular weight excluding hydrogens is 511 g/mol. The van der Waals surface area contributed by atoms with Crippen LogP contribution in [0.1, 0.15) is 10.4 Å². The average Bonchev–Trinajstić information content (AvgIpc) is 1.99. The Balaban J connectivity index is 3.53. The van der Waals surface area contributed by atoms with Crippen LogP contribution in [0, 0.1) is 10.7 Å². The van der Waals surface area contributed by atoms with Crippen LogP contribution in [-0.2, 0) is 0 Å². The molecule has 0 aliphatic heterocycles. The van der Waals surface area contributed by atoms with Crippen molar-refractivity contribution in [2.24, 2.45) is 0 Å². The van der Waals surface area contributed by atoms with Crippen LogP contribution in [-0.4, -0.2) is 11.1 Å². The van der Waals surface area contributed by atoms with Crippen molar-refractivity contribution in [3.63, 3.8) is 0 Å². The fourth-order valence-electron chi connectivity index (χ4n) is 0.802. The standard InChI is InChI=1S/C7H4I3NO2/c8-2-1-3(9)6(11)5(10)4(2)7(12)13/h1H,11H2,(H,12,13). The summed E-state index contributed by atoms with van der Waals surface area (Å²) in [6.07, 6.45) is 0. The first-order valence-corrected chi connectivity index (χ1v) is 6.35. The predicted octanol–water partition coefficient (Wildman–Crippen LogP) is 2.78. The van der Waals surface area contributed by atoms with E-state index in [1.165, 1.54) is 0 Å². The van der Waals surface area contributed by atoms with Gasteiger partial charge in [0.15, 0.2) is 0 Å². The summed E-state index contributed by atoms with van der Waals surface area (Å²) in [5.74, 6) is -0.933. The van der Waals surface area contributed by atoms with Gasteiger partial charge >= 0.3 is 5.97 Å². The van der Waals surface area contributed by atoms with Crippen LogP contribution in [0.4, 0.5) is 5.69 Å². The molecule has 6 heteroatoms. The maximum atomic E-state index is 10.8. The van der Waals surface area contributed by atoms with Gasteiger partial charge in [0.25, 0.3) is 0 Å². The molecule has 70 valence electrons. The van der Waals surface area contributed by atoms with Gasteiger partial charge in [0, 0.05) is 7.14 Å². The molecule has 0 aliphatic carbocycles. The van der Waals surface area contributed by atoms with E-state index in [-0.39, 0.29) is 0 Å². The summed E-state index contributed by atoms with van der Waals surface area (Å²) in [6, 6.07) is 1.77. The number of carboxylic acid groups (broad SMARTS) is 1. The molecular formula is C7H4I3NO2. The highest BCUT2D eigenvalue weighted by Crippen LogP contribution is 2.29. The van der Waals surface area contributed by atoms with E-state index in [0.29, 0.717) is 18.4 Å². The topological polar surface area (TPSA) is 63.3 Å². The molecule has 0 bridgehead atoms. The van der Waals surface area contributed by atoms with Gasteiger partial charge in [-0.1, -0.05) is 0 Å². The van der Waals surface area contributed by atoms with Gasteiger partial charge in [-0.05, 0) is 73.8 Å². The van der Waals surface area contributed by atoms with Crippen molar-refractivity contribution in [2.75, 3.05) is 5.73 Å². The van der Waals surface area contributed by atoms with Crippen molar-refractivity contribution in [1.29, 1.82) is 0 Å². The summed E-state index contributed by atoms with van der Waals surface area (Å²) >= 11 is 6.04. The smallest absolute Gasteiger partial charge is 0.337 e. The molecule has 0 amide bonds. The zero-order valence-electron chi connectivity index (χ0n) is 6.14. The number of anilines is 1. The van der Waals surface area contributed by atoms with Crippen molar-refractivity contribution in [3.8, 4) is 0 Å². The number of aromatic carboxylic acids is 1. The lowest BCUT2D eigenvalue weighted by Gasteiger charge is -2.07. The first-order chi connectivity index (χ1) is 5.95. The SMILES string of the molecule is Nc1c(I)cc(I)c(C(=O)O)c1I. The average molecular weight is 515 g/mol. The lowest BCUT2D eigenvalue weighted by Crippen LogP contribution is -2.07. The van der Waals surface area contributed by atoms with Gasteiger partial charge in [0.1, 0.15) is 0 Å². The summed E-state index contributed by atoms with van der Waals surface area (Å²) in [5.41, 5.74) is 6.54. The van der Waals surface area contributed by atoms with Gasteiger partial charge in [0.05, 0.1) is 14.8 Å². The Bertz CT molecular complexity index is 378. The van der Waals surface area contributed by atoms with Gasteiger partial charge < -0.3 is 10.8 Å². The highest BCUT2D eigenvalue weighted by atomic mass is 127. The van der Waals surface area contributed by atoms with Crippen LogP contribution in [0.2, 0.25) is 0 Å². The van der Waals surface area contributed by atoms with Crippen LogP contribution in [0.15, 0.2) is 6.07 Å². The van der Waals surface area contributed by atoms with E-state index in [0.717, 1.165) is 3.57 Å². The van der Waals surface area contributed by atoms with Gasteiger partial charge in [-0.3, -0.25) is 0 Å². The maximum absolute atomic E-state index is 10.8. The fraction of sp³-hybridized carbons (Fsp3) is 0. The molecule has 3 nitrogen and oxygen atoms in total. The lowest BCUT2D eigenvalue weighted by atomic mass is 10.2. The highest BCUT2D eigenvalue weighted by molar-refractivity contribution is 14.1. The minimum Gasteiger partial charge on any atom is -0.478 e. The molecule has 0 saturated heterocycles. The Hall–Kier alpha value is 0.680. The second-order valence-corrected chi connectivity index (χ2v) is 5.65. The molecule has 0 aliphatic rings. The Kier molecular flexibility index (Phi) is 4.04. The lowest BCUT2D eigenvalue weighted by molar-refractivity contribution is 0.0694. The Morgan fingerprint density at radius 1 is 1.31 bits per heavy atom. The first kappa shape index (κ1) is 11.8. The molecule has 3 N–H and O–H groups in total. The minimum atomic E-state index is -0.933. The third kappa shape index (κ3) is 2.37. The normalized spacial score (nSPS) is 10.1. The predicted molar refractivity (Wildman–Crippen MR) is 76.0 cm³/mol. The van der Waals surface area contributed by atoms with Gasteiger partial charge in [-0.25, -0.2) is 4.79 Å². The number of halogens is 3. The van der Waals surface area contributed by atoms with E-state index >= 15 is 0 Å². The summed E-state index contributed by atoms with van der Waals surface area (Å²) in [5, 5.41) is 8.89. The summed E-state index contributed by atoms with van der Waals surface area (Å²) in [7, 11) is 0. The van der Waals surface area contributed by atoms with E-state index in [4.69, 9.17) is 10.8 Å². The van der Waals surface area contributed by atoms with E-state index < -0.39 is 5.97 Å². The Morgan fingerprint density at radius 2 is 1.85 bits per heavy atom. The van der Waals surface area contributed by atoms with Crippen molar-refractivity contribution in [3.05, 3.63) is 22.3 Å². The summed E-state index contributed by atoms with van der Waals surface area (Å²) < 4.78 is 2.21. The second-order valence-electron chi connectivity index (χ2n) is 2.25. The largest absolute Gasteiger partial charge is 0.478 e. The van der Waals surface area contributed by atoms with Crippen molar-refractivity contribution in [1.82, 2.24) is 0 Å². The molecule has 0 radical (unpaired) electrons. The summed E-state index contributed by atoms with van der Waals surface area (Å²) in [4.78, 5) is 10.8. The second kappa shape index (κ2) is 4.47. The number of benzene rings is 1. The molecule has 1 rings (SSSR count). The number of hydrogen-bond donors (Lipinski definition) is 2. The molecule has 0 atom stereocenters. The monoisotopic (exact) mass is 515 g/mol. The van der Waals surface area contributed by atoms with E-state index in [1.807, 2.05) is 45.2 Å². The molecule has 0 aromatic heterocycles. The van der Waals surface area contributed by atoms with E-state index in [9.17, 15) is 4.79 Å². The third-order valence-electron chi connectivity index (χ3n) is 1.42. The molecule has 0 spiro atoms. The van der Waals surface area contributed by atoms with Gasteiger partial charge in [0.2, 0.25) is 0 Å². The van der Waals surface area contributed by atoms with E-state index in [2.05, 4.69) is 22.6 Å². The van der Waals surface area contributed by atoms with Crippen LogP contribution in [0.5, 0.6) is 0 Å². The Morgan fingerprint density at radius 3 is 2.31 bits per heavy atom. The number of rotatable bonds is 1. The van der Waals surface area contributed by atoms with Crippen molar-refractivity contribution in [2.45, 2.75) is 0 Å². The van der Waals surface area contributed by atoms with Crippen LogP contribution < -0.4 is 5.73 Å². The number of nitrogens with two attached hydrogens (primary N) is 1. The molecule has 1 aromatic rings. The first-order valence-electron chi connectivity index (χ1n) is 3.11. The minimum absolute atomic E-state index is 0.291. The summed E-state index contributed by atoms with van der Waals surface area (Å²) in [6.45, 7) is 0. The van der Waals surface area contributed by atoms with Crippen molar-refractivity contribution >= 4 is 79.4 Å². The highest BCUT2D eigenvalue weighted by Gasteiger charge is 2.16. The fourth-order valence-corrected chi connectivity index (χ4v) is 4.63. The quantitative estimate of drug-likeness (QED) is 0.448. The zero-order chi connectivity index (χ0) is 10.2. The molecule has 0 saturated carbocycles. The molecule has 13 heavy (non-hydrogen) atoms. The Labute approximate surface area is 116 Å². The molecule has 0 unspecified atom stereocenters. The number of carboxylic acids is 1. The van der Waals surface area contributed by atoms with Crippen molar-refractivity contribution < 1.29 is 9.90 Å². The van der Waals surface area contributed by atoms with Gasteiger partial charge in [-0.15, -0.1) is 0 Å². The number of carbonyl (C=O) groups is 1. The van der Waals surface area contributed by atoms with Crippen LogP contribution >= 0.6 is 67.8 Å². The number of hydrogen-bond acceptors (Lipinski definition) is 2. The van der Waals surface area contributed by atoms with Gasteiger partial charge in [-0.2, -0.15) is 0 Å². The number of nitrogen functional groups attached to an aromatic ring is 1. The molecule has 0 heterocycles. The van der Waals surface area contributed by atoms with Crippen LogP contribution in [0.3, 0.4) is 0 Å². The molecule has 0 fully saturated rings.